The third-order valence-corrected chi connectivity index (χ3v) is 5.07. The molecule has 0 aromatic rings. The number of piperazine rings is 1. The van der Waals surface area contributed by atoms with E-state index in [1.807, 2.05) is 0 Å². The second-order valence-corrected chi connectivity index (χ2v) is 7.79. The molecule has 1 saturated heterocycles. The van der Waals surface area contributed by atoms with Crippen molar-refractivity contribution in [3.8, 4) is 0 Å². The van der Waals surface area contributed by atoms with Crippen LogP contribution in [0.4, 0.5) is 0 Å². The van der Waals surface area contributed by atoms with Crippen LogP contribution in [0.2, 0.25) is 0 Å². The largest absolute Gasteiger partial charge is 0.393 e. The molecule has 0 aromatic heterocycles. The van der Waals surface area contributed by atoms with Crippen LogP contribution in [0.15, 0.2) is 0 Å². The molecule has 2 N–H and O–H groups in total. The highest BCUT2D eigenvalue weighted by Gasteiger charge is 2.23. The molecular weight excluding hydrogens is 312 g/mol. The van der Waals surface area contributed by atoms with Crippen LogP contribution >= 0.6 is 12.2 Å². The fraction of sp³-hybridized carbons (Fsp3) is 0.833. The van der Waals surface area contributed by atoms with E-state index in [1.54, 1.807) is 11.9 Å². The van der Waals surface area contributed by atoms with Crippen molar-refractivity contribution in [3.63, 3.8) is 0 Å². The maximum Gasteiger partial charge on any atom is 0.223 e. The van der Waals surface area contributed by atoms with E-state index in [1.165, 1.54) is 10.6 Å². The standard InChI is InChI=1S/C12H24N4O3S2/c1-14(5-3-11(13)20)12(17)4-6-15-7-9-16(10-8-15)21(2,18)19/h3-10H2,1-2H3,(H2,13,20). The Bertz CT molecular complexity index is 473. The van der Waals surface area contributed by atoms with Gasteiger partial charge in [0.2, 0.25) is 15.9 Å². The predicted molar refractivity (Wildman–Crippen MR) is 86.5 cm³/mol. The number of sulfonamides is 1. The molecule has 0 radical (unpaired) electrons. The Balaban J connectivity index is 2.27. The molecule has 0 aliphatic carbocycles. The van der Waals surface area contributed by atoms with Crippen molar-refractivity contribution in [3.05, 3.63) is 0 Å². The van der Waals surface area contributed by atoms with Crippen molar-refractivity contribution < 1.29 is 13.2 Å². The molecular formula is C12H24N4O3S2. The van der Waals surface area contributed by atoms with Crippen LogP contribution in [0, 0.1) is 0 Å². The highest BCUT2D eigenvalue weighted by molar-refractivity contribution is 7.88. The molecule has 0 unspecified atom stereocenters. The summed E-state index contributed by atoms with van der Waals surface area (Å²) >= 11 is 4.79. The summed E-state index contributed by atoms with van der Waals surface area (Å²) in [5.74, 6) is 0.0526. The zero-order chi connectivity index (χ0) is 16.0. The van der Waals surface area contributed by atoms with Crippen LogP contribution in [0.5, 0.6) is 0 Å². The number of amides is 1. The van der Waals surface area contributed by atoms with E-state index in [-0.39, 0.29) is 5.91 Å². The summed E-state index contributed by atoms with van der Waals surface area (Å²) in [6, 6.07) is 0. The van der Waals surface area contributed by atoms with E-state index in [9.17, 15) is 13.2 Å². The molecule has 0 bridgehead atoms. The topological polar surface area (TPSA) is 86.9 Å². The number of carbonyl (C=O) groups excluding carboxylic acids is 1. The first-order valence-electron chi connectivity index (χ1n) is 6.90. The highest BCUT2D eigenvalue weighted by Crippen LogP contribution is 2.07. The van der Waals surface area contributed by atoms with Gasteiger partial charge in [-0.05, 0) is 0 Å². The first-order valence-corrected chi connectivity index (χ1v) is 9.15. The van der Waals surface area contributed by atoms with E-state index in [2.05, 4.69) is 4.90 Å². The van der Waals surface area contributed by atoms with Gasteiger partial charge in [-0.2, -0.15) is 4.31 Å². The minimum absolute atomic E-state index is 0.0526. The van der Waals surface area contributed by atoms with Crippen molar-refractivity contribution >= 4 is 33.1 Å². The normalized spacial score (nSPS) is 17.6. The number of carbonyl (C=O) groups is 1. The van der Waals surface area contributed by atoms with Gasteiger partial charge >= 0.3 is 0 Å². The van der Waals surface area contributed by atoms with E-state index in [0.717, 1.165) is 0 Å². The van der Waals surface area contributed by atoms with Gasteiger partial charge in [-0.15, -0.1) is 0 Å². The van der Waals surface area contributed by atoms with Crippen molar-refractivity contribution in [2.75, 3.05) is 52.6 Å². The number of nitrogens with two attached hydrogens (primary N) is 1. The Labute approximate surface area is 132 Å². The van der Waals surface area contributed by atoms with Crippen LogP contribution in [0.25, 0.3) is 0 Å². The molecule has 122 valence electrons. The van der Waals surface area contributed by atoms with Crippen molar-refractivity contribution in [2.45, 2.75) is 12.8 Å². The summed E-state index contributed by atoms with van der Waals surface area (Å²) in [4.78, 5) is 16.1. The summed E-state index contributed by atoms with van der Waals surface area (Å²) in [6.45, 7) is 3.49. The lowest BCUT2D eigenvalue weighted by molar-refractivity contribution is -0.130. The Morgan fingerprint density at radius 1 is 1.24 bits per heavy atom. The van der Waals surface area contributed by atoms with Crippen molar-refractivity contribution in [1.82, 2.24) is 14.1 Å². The summed E-state index contributed by atoms with van der Waals surface area (Å²) < 4.78 is 24.3. The molecule has 1 aliphatic heterocycles. The molecule has 0 aromatic carbocycles. The van der Waals surface area contributed by atoms with Crippen LogP contribution in [-0.2, 0) is 14.8 Å². The minimum atomic E-state index is -3.10. The summed E-state index contributed by atoms with van der Waals surface area (Å²) in [6.07, 6.45) is 2.18. The number of thiocarbonyl (C=S) groups is 1. The zero-order valence-corrected chi connectivity index (χ0v) is 14.3. The molecule has 21 heavy (non-hydrogen) atoms. The molecule has 0 spiro atoms. The number of hydrogen-bond donors (Lipinski definition) is 1. The van der Waals surface area contributed by atoms with E-state index in [4.69, 9.17) is 18.0 Å². The van der Waals surface area contributed by atoms with E-state index >= 15 is 0 Å². The number of rotatable bonds is 7. The molecule has 1 fully saturated rings. The number of nitrogens with zero attached hydrogens (tertiary/aromatic N) is 3. The lowest BCUT2D eigenvalue weighted by atomic mass is 10.3. The van der Waals surface area contributed by atoms with Gasteiger partial charge in [-0.25, -0.2) is 8.42 Å². The van der Waals surface area contributed by atoms with Gasteiger partial charge < -0.3 is 15.5 Å². The van der Waals surface area contributed by atoms with Crippen LogP contribution < -0.4 is 5.73 Å². The molecule has 1 heterocycles. The average molecular weight is 336 g/mol. The number of hydrogen-bond acceptors (Lipinski definition) is 5. The van der Waals surface area contributed by atoms with Gasteiger partial charge in [-0.1, -0.05) is 12.2 Å². The van der Waals surface area contributed by atoms with E-state index in [0.29, 0.717) is 57.1 Å². The maximum atomic E-state index is 11.9. The fourth-order valence-electron chi connectivity index (χ4n) is 2.13. The molecule has 1 amide bonds. The van der Waals surface area contributed by atoms with Crippen LogP contribution in [0.3, 0.4) is 0 Å². The predicted octanol–water partition coefficient (Wildman–Crippen LogP) is -0.912. The Kier molecular flexibility index (Phi) is 6.98. The SMILES string of the molecule is CN(CCC(N)=S)C(=O)CCN1CCN(S(C)(=O)=O)CC1. The van der Waals surface area contributed by atoms with Gasteiger partial charge in [0, 0.05) is 59.2 Å². The second kappa shape index (κ2) is 8.02. The first-order chi connectivity index (χ1) is 9.70. The molecule has 1 rings (SSSR count). The second-order valence-electron chi connectivity index (χ2n) is 5.29. The zero-order valence-electron chi connectivity index (χ0n) is 12.6. The Hall–Kier alpha value is -0.770. The fourth-order valence-corrected chi connectivity index (χ4v) is 3.05. The summed E-state index contributed by atoms with van der Waals surface area (Å²) in [5.41, 5.74) is 5.41. The summed E-state index contributed by atoms with van der Waals surface area (Å²) in [7, 11) is -1.36. The minimum Gasteiger partial charge on any atom is -0.393 e. The molecule has 0 saturated carbocycles. The van der Waals surface area contributed by atoms with Crippen LogP contribution in [0.1, 0.15) is 12.8 Å². The smallest absolute Gasteiger partial charge is 0.223 e. The van der Waals surface area contributed by atoms with Gasteiger partial charge in [0.1, 0.15) is 0 Å². The quantitative estimate of drug-likeness (QED) is 0.606. The van der Waals surface area contributed by atoms with Crippen molar-refractivity contribution in [1.29, 1.82) is 0 Å². The lowest BCUT2D eigenvalue weighted by Gasteiger charge is -2.33. The van der Waals surface area contributed by atoms with Crippen molar-refractivity contribution in [2.24, 2.45) is 5.73 Å². The monoisotopic (exact) mass is 336 g/mol. The highest BCUT2D eigenvalue weighted by atomic mass is 32.2. The van der Waals surface area contributed by atoms with E-state index < -0.39 is 10.0 Å². The molecule has 7 nitrogen and oxygen atoms in total. The molecule has 0 atom stereocenters. The maximum absolute atomic E-state index is 11.9. The third-order valence-electron chi connectivity index (χ3n) is 3.56. The van der Waals surface area contributed by atoms with Gasteiger partial charge in [0.25, 0.3) is 0 Å². The molecule has 1 aliphatic rings. The lowest BCUT2D eigenvalue weighted by Crippen LogP contribution is -2.49. The summed E-state index contributed by atoms with van der Waals surface area (Å²) in [5, 5.41) is 0. The first kappa shape index (κ1) is 18.3. The third kappa shape index (κ3) is 6.68. The Morgan fingerprint density at radius 3 is 2.29 bits per heavy atom. The molecule has 9 heteroatoms. The van der Waals surface area contributed by atoms with Gasteiger partial charge in [0.15, 0.2) is 0 Å². The van der Waals surface area contributed by atoms with Gasteiger partial charge in [0.05, 0.1) is 11.2 Å². The van der Waals surface area contributed by atoms with Gasteiger partial charge in [-0.3, -0.25) is 4.79 Å². The average Bonchev–Trinajstić information content (AvgIpc) is 2.41. The Morgan fingerprint density at radius 2 is 1.81 bits per heavy atom. The van der Waals surface area contributed by atoms with Crippen LogP contribution in [-0.4, -0.2) is 86.0 Å².